The van der Waals surface area contributed by atoms with Gasteiger partial charge in [0.05, 0.1) is 15.8 Å². The van der Waals surface area contributed by atoms with Crippen molar-refractivity contribution in [2.45, 2.75) is 31.7 Å². The van der Waals surface area contributed by atoms with Crippen molar-refractivity contribution in [3.8, 4) is 0 Å². The summed E-state index contributed by atoms with van der Waals surface area (Å²) < 4.78 is 29.4. The van der Waals surface area contributed by atoms with Gasteiger partial charge in [0.25, 0.3) is 15.6 Å². The predicted octanol–water partition coefficient (Wildman–Crippen LogP) is 3.14. The number of benzene rings is 3. The number of rotatable bonds is 7. The fourth-order valence-corrected chi connectivity index (χ4v) is 5.13. The molecule has 1 amide bonds. The normalized spacial score (nSPS) is 11.4. The Morgan fingerprint density at radius 3 is 2.34 bits per heavy atom. The highest BCUT2D eigenvalue weighted by molar-refractivity contribution is 7.92. The van der Waals surface area contributed by atoms with Gasteiger partial charge in [-0.15, -0.1) is 0 Å². The second-order valence-corrected chi connectivity index (χ2v) is 9.76. The van der Waals surface area contributed by atoms with Crippen LogP contribution in [0, 0.1) is 13.8 Å². The van der Waals surface area contributed by atoms with Crippen LogP contribution in [0.25, 0.3) is 10.9 Å². The van der Waals surface area contributed by atoms with Crippen molar-refractivity contribution in [3.05, 3.63) is 98.7 Å². The zero-order valence-electron chi connectivity index (χ0n) is 19.2. The molecule has 35 heavy (non-hydrogen) atoms. The number of nitrogens with one attached hydrogen (secondary N) is 3. The van der Waals surface area contributed by atoms with Gasteiger partial charge in [-0.25, -0.2) is 13.2 Å². The lowest BCUT2D eigenvalue weighted by molar-refractivity contribution is -0.116. The van der Waals surface area contributed by atoms with E-state index in [-0.39, 0.29) is 23.8 Å². The van der Waals surface area contributed by atoms with E-state index in [0.717, 1.165) is 5.56 Å². The van der Waals surface area contributed by atoms with Gasteiger partial charge in [-0.05, 0) is 67.4 Å². The number of hydrogen-bond donors (Lipinski definition) is 3. The predicted molar refractivity (Wildman–Crippen MR) is 135 cm³/mol. The molecule has 0 saturated heterocycles. The average Bonchev–Trinajstić information content (AvgIpc) is 2.81. The third-order valence-corrected chi connectivity index (χ3v) is 7.26. The molecule has 3 N–H and O–H groups in total. The van der Waals surface area contributed by atoms with E-state index in [1.165, 1.54) is 4.57 Å². The molecule has 0 unspecified atom stereocenters. The van der Waals surface area contributed by atoms with Gasteiger partial charge >= 0.3 is 5.69 Å². The van der Waals surface area contributed by atoms with Crippen LogP contribution in [-0.4, -0.2) is 23.9 Å². The number of aryl methyl sites for hydroxylation is 2. The van der Waals surface area contributed by atoms with Crippen molar-refractivity contribution in [2.24, 2.45) is 0 Å². The van der Waals surface area contributed by atoms with Crippen LogP contribution in [0.15, 0.2) is 81.2 Å². The Kier molecular flexibility index (Phi) is 6.57. The van der Waals surface area contributed by atoms with E-state index in [2.05, 4.69) is 15.0 Å². The fraction of sp³-hybridized carbons (Fsp3) is 0.160. The summed E-state index contributed by atoms with van der Waals surface area (Å²) in [4.78, 5) is 39.1. The van der Waals surface area contributed by atoms with Crippen LogP contribution in [0.1, 0.15) is 17.5 Å². The first-order valence-electron chi connectivity index (χ1n) is 10.9. The van der Waals surface area contributed by atoms with Gasteiger partial charge in [0.2, 0.25) is 5.91 Å². The van der Waals surface area contributed by atoms with E-state index in [0.29, 0.717) is 27.8 Å². The largest absolute Gasteiger partial charge is 0.328 e. The molecule has 4 aromatic rings. The van der Waals surface area contributed by atoms with Crippen LogP contribution >= 0.6 is 0 Å². The van der Waals surface area contributed by atoms with Gasteiger partial charge < -0.3 is 5.32 Å². The molecule has 0 fully saturated rings. The van der Waals surface area contributed by atoms with Crippen LogP contribution in [0.3, 0.4) is 0 Å². The van der Waals surface area contributed by atoms with E-state index < -0.39 is 21.3 Å². The van der Waals surface area contributed by atoms with Crippen LogP contribution < -0.4 is 21.3 Å². The van der Waals surface area contributed by atoms with Crippen LogP contribution in [-0.2, 0) is 21.4 Å². The van der Waals surface area contributed by atoms with Crippen LogP contribution in [0.5, 0.6) is 0 Å². The highest BCUT2D eigenvalue weighted by Gasteiger charge is 2.17. The maximum atomic E-state index is 12.8. The Bertz CT molecular complexity index is 1640. The molecule has 9 nitrogen and oxygen atoms in total. The minimum atomic E-state index is -3.76. The monoisotopic (exact) mass is 492 g/mol. The van der Waals surface area contributed by atoms with E-state index in [1.54, 1.807) is 67.6 Å². The van der Waals surface area contributed by atoms with E-state index in [4.69, 9.17) is 0 Å². The van der Waals surface area contributed by atoms with Crippen molar-refractivity contribution in [2.75, 3.05) is 10.0 Å². The van der Waals surface area contributed by atoms with Crippen molar-refractivity contribution < 1.29 is 13.2 Å². The fourth-order valence-electron chi connectivity index (χ4n) is 3.75. The SMILES string of the molecule is Cc1cccc(S(=O)(=O)Nc2ccc(NC(=O)CCn3c(=O)[nH]c(=O)c4ccccc43)cc2)c1C. The maximum Gasteiger partial charge on any atom is 0.328 e. The Morgan fingerprint density at radius 1 is 0.914 bits per heavy atom. The first-order chi connectivity index (χ1) is 16.7. The highest BCUT2D eigenvalue weighted by atomic mass is 32.2. The summed E-state index contributed by atoms with van der Waals surface area (Å²) >= 11 is 0. The number of H-pyrrole nitrogens is 1. The summed E-state index contributed by atoms with van der Waals surface area (Å²) in [6, 6.07) is 18.1. The highest BCUT2D eigenvalue weighted by Crippen LogP contribution is 2.22. The molecule has 3 aromatic carbocycles. The Morgan fingerprint density at radius 2 is 1.60 bits per heavy atom. The molecule has 10 heteroatoms. The van der Waals surface area contributed by atoms with Gasteiger partial charge in [0, 0.05) is 24.3 Å². The number of carbonyl (C=O) groups is 1. The number of amides is 1. The molecule has 1 heterocycles. The van der Waals surface area contributed by atoms with Crippen molar-refractivity contribution in [3.63, 3.8) is 0 Å². The van der Waals surface area contributed by atoms with Gasteiger partial charge in [-0.1, -0.05) is 24.3 Å². The number of nitrogens with zero attached hydrogens (tertiary/aromatic N) is 1. The first kappa shape index (κ1) is 24.0. The third-order valence-electron chi connectivity index (χ3n) is 5.73. The molecule has 0 aliphatic heterocycles. The molecule has 1 aromatic heterocycles. The summed E-state index contributed by atoms with van der Waals surface area (Å²) in [5.41, 5.74) is 1.79. The molecule has 0 aliphatic carbocycles. The molecule has 0 bridgehead atoms. The molecule has 0 saturated carbocycles. The molecule has 0 atom stereocenters. The van der Waals surface area contributed by atoms with Crippen molar-refractivity contribution in [1.29, 1.82) is 0 Å². The number of fused-ring (bicyclic) bond motifs is 1. The van der Waals surface area contributed by atoms with Gasteiger partial charge in [0.15, 0.2) is 0 Å². The molecule has 0 aliphatic rings. The zero-order chi connectivity index (χ0) is 25.2. The second kappa shape index (κ2) is 9.59. The lowest BCUT2D eigenvalue weighted by atomic mass is 10.1. The topological polar surface area (TPSA) is 130 Å². The summed E-state index contributed by atoms with van der Waals surface area (Å²) in [5, 5.41) is 3.09. The molecule has 0 radical (unpaired) electrons. The Labute approximate surface area is 201 Å². The smallest absolute Gasteiger partial charge is 0.326 e. The van der Waals surface area contributed by atoms with Crippen LogP contribution in [0.4, 0.5) is 11.4 Å². The summed E-state index contributed by atoms with van der Waals surface area (Å²) in [5.74, 6) is -0.337. The number of aromatic amines is 1. The number of para-hydroxylation sites is 1. The summed E-state index contributed by atoms with van der Waals surface area (Å²) in [7, 11) is -3.76. The standard InChI is InChI=1S/C25H24N4O5S/c1-16-6-5-9-22(17(16)2)35(33,34)28-19-12-10-18(11-13-19)26-23(30)14-15-29-21-8-4-3-7-20(21)24(31)27-25(29)32/h3-13,28H,14-15H2,1-2H3,(H,26,30)(H,27,31,32). The number of hydrogen-bond acceptors (Lipinski definition) is 5. The van der Waals surface area contributed by atoms with Crippen LogP contribution in [0.2, 0.25) is 0 Å². The van der Waals surface area contributed by atoms with E-state index in [1.807, 2.05) is 13.0 Å². The maximum absolute atomic E-state index is 12.8. The number of aromatic nitrogens is 2. The molecule has 0 spiro atoms. The summed E-state index contributed by atoms with van der Waals surface area (Å²) in [6.45, 7) is 3.68. The van der Waals surface area contributed by atoms with E-state index >= 15 is 0 Å². The van der Waals surface area contributed by atoms with Gasteiger partial charge in [0.1, 0.15) is 0 Å². The number of anilines is 2. The second-order valence-electron chi connectivity index (χ2n) is 8.11. The van der Waals surface area contributed by atoms with Gasteiger partial charge in [-0.2, -0.15) is 0 Å². The number of carbonyl (C=O) groups excluding carboxylic acids is 1. The van der Waals surface area contributed by atoms with Gasteiger partial charge in [-0.3, -0.25) is 23.9 Å². The quantitative estimate of drug-likeness (QED) is 0.365. The molecular weight excluding hydrogens is 468 g/mol. The zero-order valence-corrected chi connectivity index (χ0v) is 20.0. The Balaban J connectivity index is 1.42. The minimum absolute atomic E-state index is 0.00302. The van der Waals surface area contributed by atoms with Crippen molar-refractivity contribution >= 4 is 38.2 Å². The third kappa shape index (κ3) is 5.17. The lowest BCUT2D eigenvalue weighted by Gasteiger charge is -2.13. The lowest BCUT2D eigenvalue weighted by Crippen LogP contribution is -2.31. The van der Waals surface area contributed by atoms with Crippen molar-refractivity contribution in [1.82, 2.24) is 9.55 Å². The average molecular weight is 493 g/mol. The van der Waals surface area contributed by atoms with E-state index in [9.17, 15) is 22.8 Å². The summed E-state index contributed by atoms with van der Waals surface area (Å²) in [6.07, 6.45) is -0.00302. The molecule has 4 rings (SSSR count). The number of sulfonamides is 1. The Hall–Kier alpha value is -4.18. The molecular formula is C25H24N4O5S. The first-order valence-corrected chi connectivity index (χ1v) is 12.3. The minimum Gasteiger partial charge on any atom is -0.326 e. The molecule has 180 valence electrons.